The molecule has 1 heterocycles. The van der Waals surface area contributed by atoms with E-state index in [1.807, 2.05) is 0 Å². The third kappa shape index (κ3) is 5.43. The predicted octanol–water partition coefficient (Wildman–Crippen LogP) is 4.72. The van der Waals surface area contributed by atoms with Crippen molar-refractivity contribution >= 4 is 57.2 Å². The molecule has 6 nitrogen and oxygen atoms in total. The highest BCUT2D eigenvalue weighted by molar-refractivity contribution is 7.13. The summed E-state index contributed by atoms with van der Waals surface area (Å²) >= 11 is 13.1. The highest BCUT2D eigenvalue weighted by Gasteiger charge is 2.10. The molecule has 2 amide bonds. The largest absolute Gasteiger partial charge is 0.482 e. The number of nitrogens with zero attached hydrogens (tertiary/aromatic N) is 1. The Bertz CT molecular complexity index is 964. The van der Waals surface area contributed by atoms with Crippen molar-refractivity contribution in [2.45, 2.75) is 0 Å². The molecule has 0 aliphatic carbocycles. The van der Waals surface area contributed by atoms with Crippen LogP contribution in [0.2, 0.25) is 10.0 Å². The van der Waals surface area contributed by atoms with Gasteiger partial charge in [0.2, 0.25) is 0 Å². The number of thiazole rings is 1. The van der Waals surface area contributed by atoms with E-state index in [1.165, 1.54) is 17.4 Å². The lowest BCUT2D eigenvalue weighted by Gasteiger charge is -2.10. The summed E-state index contributed by atoms with van der Waals surface area (Å²) in [6, 6.07) is 11.3. The van der Waals surface area contributed by atoms with Crippen LogP contribution in [0.25, 0.3) is 0 Å². The molecule has 2 aromatic carbocycles. The van der Waals surface area contributed by atoms with Crippen LogP contribution in [0.3, 0.4) is 0 Å². The van der Waals surface area contributed by atoms with Gasteiger partial charge in [-0.1, -0.05) is 29.3 Å². The van der Waals surface area contributed by atoms with Crippen molar-refractivity contribution in [2.75, 3.05) is 17.2 Å². The van der Waals surface area contributed by atoms with Crippen LogP contribution in [0.1, 0.15) is 10.4 Å². The van der Waals surface area contributed by atoms with Crippen LogP contribution in [-0.4, -0.2) is 23.4 Å². The van der Waals surface area contributed by atoms with Crippen molar-refractivity contribution in [1.82, 2.24) is 4.98 Å². The number of benzene rings is 2. The van der Waals surface area contributed by atoms with Gasteiger partial charge in [-0.25, -0.2) is 4.98 Å². The molecule has 0 unspecified atom stereocenters. The summed E-state index contributed by atoms with van der Waals surface area (Å²) in [7, 11) is 0. The van der Waals surface area contributed by atoms with Crippen LogP contribution in [0.15, 0.2) is 54.0 Å². The molecule has 0 aliphatic heterocycles. The summed E-state index contributed by atoms with van der Waals surface area (Å²) in [6.07, 6.45) is 1.60. The third-order valence-electron chi connectivity index (χ3n) is 3.31. The van der Waals surface area contributed by atoms with Gasteiger partial charge in [-0.3, -0.25) is 14.9 Å². The Balaban J connectivity index is 1.58. The maximum Gasteiger partial charge on any atom is 0.262 e. The Labute approximate surface area is 169 Å². The second-order valence-electron chi connectivity index (χ2n) is 5.28. The number of anilines is 2. The molecule has 0 bridgehead atoms. The maximum atomic E-state index is 12.2. The van der Waals surface area contributed by atoms with Gasteiger partial charge in [0.05, 0.1) is 5.02 Å². The van der Waals surface area contributed by atoms with Crippen molar-refractivity contribution in [3.63, 3.8) is 0 Å². The molecule has 1 aromatic heterocycles. The van der Waals surface area contributed by atoms with Gasteiger partial charge in [0.1, 0.15) is 5.75 Å². The molecule has 0 fully saturated rings. The number of halogens is 2. The van der Waals surface area contributed by atoms with Crippen molar-refractivity contribution < 1.29 is 14.3 Å². The summed E-state index contributed by atoms with van der Waals surface area (Å²) < 4.78 is 5.38. The zero-order valence-corrected chi connectivity index (χ0v) is 16.1. The summed E-state index contributed by atoms with van der Waals surface area (Å²) in [5.74, 6) is -0.350. The van der Waals surface area contributed by atoms with Gasteiger partial charge in [0, 0.05) is 27.9 Å². The second-order valence-corrected chi connectivity index (χ2v) is 7.02. The normalized spacial score (nSPS) is 10.3. The van der Waals surface area contributed by atoms with Gasteiger partial charge in [-0.15, -0.1) is 11.3 Å². The van der Waals surface area contributed by atoms with Crippen LogP contribution in [0, 0.1) is 0 Å². The molecule has 9 heteroatoms. The minimum Gasteiger partial charge on any atom is -0.482 e. The minimum absolute atomic E-state index is 0.239. The first-order valence-corrected chi connectivity index (χ1v) is 9.33. The van der Waals surface area contributed by atoms with Crippen LogP contribution in [0.5, 0.6) is 5.75 Å². The van der Waals surface area contributed by atoms with E-state index >= 15 is 0 Å². The number of nitrogens with one attached hydrogen (secondary N) is 2. The smallest absolute Gasteiger partial charge is 0.262 e. The fourth-order valence-corrected chi connectivity index (χ4v) is 3.11. The molecule has 0 radical (unpaired) electrons. The average Bonchev–Trinajstić information content (AvgIpc) is 3.14. The van der Waals surface area contributed by atoms with Gasteiger partial charge in [-0.05, 0) is 36.4 Å². The van der Waals surface area contributed by atoms with Gasteiger partial charge < -0.3 is 10.1 Å². The van der Waals surface area contributed by atoms with Crippen LogP contribution >= 0.6 is 34.5 Å². The number of amides is 2. The van der Waals surface area contributed by atoms with Crippen LogP contribution < -0.4 is 15.4 Å². The van der Waals surface area contributed by atoms with Crippen molar-refractivity contribution in [3.05, 3.63) is 69.7 Å². The number of aromatic nitrogens is 1. The monoisotopic (exact) mass is 421 g/mol. The molecule has 0 saturated heterocycles. The molecule has 0 atom stereocenters. The molecule has 27 heavy (non-hydrogen) atoms. The van der Waals surface area contributed by atoms with Crippen LogP contribution in [-0.2, 0) is 4.79 Å². The number of hydrogen-bond donors (Lipinski definition) is 2. The highest BCUT2D eigenvalue weighted by atomic mass is 35.5. The molecule has 0 saturated carbocycles. The number of carbonyl (C=O) groups is 2. The predicted molar refractivity (Wildman–Crippen MR) is 107 cm³/mol. The average molecular weight is 422 g/mol. The standard InChI is InChI=1S/C18H13Cl2N3O3S/c19-12-4-5-15(14(20)9-12)26-10-16(24)22-13-3-1-2-11(8-13)17(25)23-18-21-6-7-27-18/h1-9H,10H2,(H,22,24)(H,21,23,25). The first-order chi connectivity index (χ1) is 13.0. The van der Waals surface area contributed by atoms with E-state index in [0.29, 0.717) is 32.2 Å². The molecule has 138 valence electrons. The third-order valence-corrected chi connectivity index (χ3v) is 4.53. The first kappa shape index (κ1) is 19.2. The molecule has 0 spiro atoms. The zero-order chi connectivity index (χ0) is 19.2. The maximum absolute atomic E-state index is 12.2. The lowest BCUT2D eigenvalue weighted by atomic mass is 10.2. The number of ether oxygens (including phenoxy) is 1. The van der Waals surface area contributed by atoms with Crippen molar-refractivity contribution in [2.24, 2.45) is 0 Å². The highest BCUT2D eigenvalue weighted by Crippen LogP contribution is 2.27. The Hall–Kier alpha value is -2.61. The summed E-state index contributed by atoms with van der Waals surface area (Å²) in [5, 5.41) is 8.41. The number of hydrogen-bond acceptors (Lipinski definition) is 5. The van der Waals surface area contributed by atoms with E-state index < -0.39 is 5.91 Å². The number of rotatable bonds is 6. The van der Waals surface area contributed by atoms with Gasteiger partial charge in [0.15, 0.2) is 11.7 Å². The van der Waals surface area contributed by atoms with E-state index in [9.17, 15) is 9.59 Å². The van der Waals surface area contributed by atoms with Gasteiger partial charge in [0.25, 0.3) is 11.8 Å². The second kappa shape index (κ2) is 8.85. The van der Waals surface area contributed by atoms with E-state index in [1.54, 1.807) is 48.0 Å². The molecular formula is C18H13Cl2N3O3S. The minimum atomic E-state index is -0.390. The molecule has 3 aromatic rings. The zero-order valence-electron chi connectivity index (χ0n) is 13.7. The summed E-state index contributed by atoms with van der Waals surface area (Å²) in [4.78, 5) is 28.3. The van der Waals surface area contributed by atoms with Gasteiger partial charge >= 0.3 is 0 Å². The van der Waals surface area contributed by atoms with E-state index in [-0.39, 0.29) is 12.5 Å². The SMILES string of the molecule is O=C(COc1ccc(Cl)cc1Cl)Nc1cccc(C(=O)Nc2nccs2)c1. The Kier molecular flexibility index (Phi) is 6.28. The summed E-state index contributed by atoms with van der Waals surface area (Å²) in [6.45, 7) is -0.239. The fourth-order valence-electron chi connectivity index (χ4n) is 2.13. The fraction of sp³-hybridized carbons (Fsp3) is 0.0556. The molecule has 0 aliphatic rings. The quantitative estimate of drug-likeness (QED) is 0.603. The van der Waals surface area contributed by atoms with Crippen LogP contribution in [0.4, 0.5) is 10.8 Å². The number of carbonyl (C=O) groups excluding carboxylic acids is 2. The first-order valence-electron chi connectivity index (χ1n) is 7.70. The lowest BCUT2D eigenvalue weighted by Crippen LogP contribution is -2.20. The lowest BCUT2D eigenvalue weighted by molar-refractivity contribution is -0.118. The Morgan fingerprint density at radius 1 is 1.11 bits per heavy atom. The van der Waals surface area contributed by atoms with Crippen molar-refractivity contribution in [1.29, 1.82) is 0 Å². The van der Waals surface area contributed by atoms with Crippen molar-refractivity contribution in [3.8, 4) is 5.75 Å². The van der Waals surface area contributed by atoms with E-state index in [0.717, 1.165) is 0 Å². The molecule has 3 rings (SSSR count). The summed E-state index contributed by atoms with van der Waals surface area (Å²) in [5.41, 5.74) is 0.863. The topological polar surface area (TPSA) is 80.3 Å². The van der Waals surface area contributed by atoms with E-state index in [4.69, 9.17) is 27.9 Å². The molecule has 2 N–H and O–H groups in total. The van der Waals surface area contributed by atoms with Gasteiger partial charge in [-0.2, -0.15) is 0 Å². The Morgan fingerprint density at radius 2 is 1.96 bits per heavy atom. The Morgan fingerprint density at radius 3 is 2.70 bits per heavy atom. The van der Waals surface area contributed by atoms with E-state index in [2.05, 4.69) is 15.6 Å². The molecular weight excluding hydrogens is 409 g/mol.